The molecule has 0 radical (unpaired) electrons. The number of hydrogen-bond donors (Lipinski definition) is 0. The predicted octanol–water partition coefficient (Wildman–Crippen LogP) is 6.98. The van der Waals surface area contributed by atoms with Crippen molar-refractivity contribution in [2.45, 2.75) is 83.3 Å². The Hall–Kier alpha value is -3.28. The molecule has 0 N–H and O–H groups in total. The van der Waals surface area contributed by atoms with Crippen LogP contribution in [0.3, 0.4) is 0 Å². The lowest BCUT2D eigenvalue weighted by molar-refractivity contribution is -0.147. The molecule has 2 aromatic carbocycles. The van der Waals surface area contributed by atoms with Gasteiger partial charge in [-0.25, -0.2) is 4.79 Å². The van der Waals surface area contributed by atoms with Gasteiger partial charge >= 0.3 is 11.9 Å². The van der Waals surface area contributed by atoms with Gasteiger partial charge in [-0.1, -0.05) is 25.3 Å². The molecular weight excluding hydrogens is 478 g/mol. The Labute approximate surface area is 224 Å². The molecule has 0 bridgehead atoms. The van der Waals surface area contributed by atoms with Crippen molar-refractivity contribution in [1.82, 2.24) is 4.57 Å². The van der Waals surface area contributed by atoms with E-state index < -0.39 is 11.0 Å². The van der Waals surface area contributed by atoms with Crippen LogP contribution in [0.5, 0.6) is 5.75 Å². The molecule has 2 atom stereocenters. The third-order valence-electron chi connectivity index (χ3n) is 8.75. The molecule has 0 saturated heterocycles. The van der Waals surface area contributed by atoms with E-state index in [0.29, 0.717) is 18.0 Å². The Bertz CT molecular complexity index is 1440. The minimum atomic E-state index is -0.626. The smallest absolute Gasteiger partial charge is 0.338 e. The summed E-state index contributed by atoms with van der Waals surface area (Å²) in [5.41, 5.74) is 5.16. The number of methoxy groups -OCH3 is 2. The third-order valence-corrected chi connectivity index (χ3v) is 8.75. The van der Waals surface area contributed by atoms with Gasteiger partial charge in [0, 0.05) is 28.9 Å². The summed E-state index contributed by atoms with van der Waals surface area (Å²) >= 11 is 0. The maximum Gasteiger partial charge on any atom is 0.338 e. The number of ether oxygens (including phenoxy) is 3. The summed E-state index contributed by atoms with van der Waals surface area (Å²) in [5, 5.41) is 1.17. The van der Waals surface area contributed by atoms with Crippen molar-refractivity contribution < 1.29 is 23.8 Å². The van der Waals surface area contributed by atoms with E-state index in [4.69, 9.17) is 14.2 Å². The van der Waals surface area contributed by atoms with Gasteiger partial charge in [0.05, 0.1) is 30.9 Å². The predicted molar refractivity (Wildman–Crippen MR) is 147 cm³/mol. The maximum absolute atomic E-state index is 13.3. The van der Waals surface area contributed by atoms with Gasteiger partial charge in [0.1, 0.15) is 11.4 Å². The molecule has 0 amide bonds. The van der Waals surface area contributed by atoms with Crippen LogP contribution < -0.4 is 4.74 Å². The van der Waals surface area contributed by atoms with Crippen molar-refractivity contribution in [2.24, 2.45) is 5.41 Å². The van der Waals surface area contributed by atoms with E-state index in [1.54, 1.807) is 7.11 Å². The van der Waals surface area contributed by atoms with Crippen LogP contribution in [0.4, 0.5) is 0 Å². The van der Waals surface area contributed by atoms with Gasteiger partial charge in [-0.05, 0) is 87.4 Å². The summed E-state index contributed by atoms with van der Waals surface area (Å²) in [5.74, 6) is 0.801. The van der Waals surface area contributed by atoms with Crippen molar-refractivity contribution in [3.05, 3.63) is 53.1 Å². The number of carbonyl (C=O) groups is 2. The fourth-order valence-electron chi connectivity index (χ4n) is 6.93. The first-order valence-corrected chi connectivity index (χ1v) is 13.8. The first-order valence-electron chi connectivity index (χ1n) is 13.8. The Kier molecular flexibility index (Phi) is 5.85. The van der Waals surface area contributed by atoms with Crippen LogP contribution in [0, 0.1) is 5.41 Å². The van der Waals surface area contributed by atoms with E-state index >= 15 is 0 Å². The lowest BCUT2D eigenvalue weighted by Gasteiger charge is -2.24. The normalized spacial score (nSPS) is 22.6. The topological polar surface area (TPSA) is 66.8 Å². The van der Waals surface area contributed by atoms with E-state index in [9.17, 15) is 9.59 Å². The number of aromatic nitrogens is 1. The fourth-order valence-corrected chi connectivity index (χ4v) is 6.93. The molecule has 2 fully saturated rings. The van der Waals surface area contributed by atoms with Crippen molar-refractivity contribution in [1.29, 1.82) is 0 Å². The molecule has 2 heterocycles. The summed E-state index contributed by atoms with van der Waals surface area (Å²) in [6.07, 6.45) is 6.75. The van der Waals surface area contributed by atoms with Gasteiger partial charge in [-0.3, -0.25) is 4.79 Å². The summed E-state index contributed by atoms with van der Waals surface area (Å²) in [6.45, 7) is 6.17. The average molecular weight is 516 g/mol. The lowest BCUT2D eigenvalue weighted by atomic mass is 9.81. The number of rotatable bonds is 4. The quantitative estimate of drug-likeness (QED) is 0.351. The molecule has 2 aliphatic carbocycles. The third kappa shape index (κ3) is 3.91. The van der Waals surface area contributed by atoms with Crippen LogP contribution in [0.15, 0.2) is 36.4 Å². The Morgan fingerprint density at radius 1 is 1.00 bits per heavy atom. The number of benzene rings is 2. The molecule has 0 spiro atoms. The Morgan fingerprint density at radius 2 is 1.76 bits per heavy atom. The molecule has 1 aliphatic heterocycles. The summed E-state index contributed by atoms with van der Waals surface area (Å²) in [4.78, 5) is 26.4. The fraction of sp³-hybridized carbons (Fsp3) is 0.500. The van der Waals surface area contributed by atoms with E-state index in [-0.39, 0.29) is 17.9 Å². The second kappa shape index (κ2) is 8.89. The first-order chi connectivity index (χ1) is 18.2. The highest BCUT2D eigenvalue weighted by Crippen LogP contribution is 2.66. The van der Waals surface area contributed by atoms with Gasteiger partial charge in [0.15, 0.2) is 0 Å². The largest absolute Gasteiger partial charge is 0.497 e. The molecule has 38 heavy (non-hydrogen) atoms. The second-order valence-electron chi connectivity index (χ2n) is 12.3. The first kappa shape index (κ1) is 25.0. The summed E-state index contributed by atoms with van der Waals surface area (Å²) in [6, 6.07) is 12.2. The number of fused-ring (bicyclic) bond motifs is 7. The number of nitrogens with zero attached hydrogens (tertiary/aromatic N) is 1. The number of carbonyl (C=O) groups excluding carboxylic acids is 2. The van der Waals surface area contributed by atoms with Crippen LogP contribution in [0.2, 0.25) is 0 Å². The highest BCUT2D eigenvalue weighted by Gasteiger charge is 2.63. The molecule has 6 nitrogen and oxygen atoms in total. The minimum absolute atomic E-state index is 0.0724. The van der Waals surface area contributed by atoms with Gasteiger partial charge in [-0.2, -0.15) is 0 Å². The van der Waals surface area contributed by atoms with E-state index in [0.717, 1.165) is 41.7 Å². The zero-order valence-electron chi connectivity index (χ0n) is 23.1. The van der Waals surface area contributed by atoms with Crippen molar-refractivity contribution in [3.63, 3.8) is 0 Å². The zero-order chi connectivity index (χ0) is 26.8. The SMILES string of the molecule is COC(=O)C12CC1c1cc(OC)ccc1-c1c(C3CCCCC3)c3ccc(C(=O)OC(C)(C)C)cc3n1C2. The van der Waals surface area contributed by atoms with Crippen molar-refractivity contribution in [2.75, 3.05) is 14.2 Å². The molecule has 3 aliphatic rings. The van der Waals surface area contributed by atoms with E-state index in [2.05, 4.69) is 22.8 Å². The molecule has 2 saturated carbocycles. The summed E-state index contributed by atoms with van der Waals surface area (Å²) in [7, 11) is 3.16. The molecule has 3 aromatic rings. The average Bonchev–Trinajstić information content (AvgIpc) is 3.57. The van der Waals surface area contributed by atoms with Gasteiger partial charge in [0.25, 0.3) is 0 Å². The molecular formula is C32H37NO5. The molecule has 1 aromatic heterocycles. The molecule has 2 unspecified atom stereocenters. The van der Waals surface area contributed by atoms with E-state index in [1.165, 1.54) is 43.0 Å². The molecule has 6 rings (SSSR count). The minimum Gasteiger partial charge on any atom is -0.497 e. The van der Waals surface area contributed by atoms with Crippen LogP contribution >= 0.6 is 0 Å². The monoisotopic (exact) mass is 515 g/mol. The van der Waals surface area contributed by atoms with Crippen LogP contribution in [0.1, 0.15) is 92.6 Å². The van der Waals surface area contributed by atoms with Crippen molar-refractivity contribution in [3.8, 4) is 17.0 Å². The lowest BCUT2D eigenvalue weighted by Crippen LogP contribution is -2.25. The Morgan fingerprint density at radius 3 is 2.45 bits per heavy atom. The Balaban J connectivity index is 1.63. The highest BCUT2D eigenvalue weighted by molar-refractivity contribution is 6.00. The molecule has 6 heteroatoms. The second-order valence-corrected chi connectivity index (χ2v) is 12.3. The van der Waals surface area contributed by atoms with Crippen LogP contribution in [-0.2, 0) is 20.8 Å². The number of hydrogen-bond acceptors (Lipinski definition) is 5. The maximum atomic E-state index is 13.3. The zero-order valence-corrected chi connectivity index (χ0v) is 23.1. The van der Waals surface area contributed by atoms with Crippen LogP contribution in [0.25, 0.3) is 22.2 Å². The highest BCUT2D eigenvalue weighted by atomic mass is 16.6. The number of esters is 2. The van der Waals surface area contributed by atoms with E-state index in [1.807, 2.05) is 39.0 Å². The standard InChI is InChI=1S/C32H37NO5/c1-31(2,3)38-29(34)20-11-13-23-26(15-20)33-18-32(30(35)37-5)17-25(32)24-16-21(36-4)12-14-22(24)28(33)27(23)19-9-7-6-8-10-19/h11-16,19,25H,6-10,17-18H2,1-5H3. The van der Waals surface area contributed by atoms with Gasteiger partial charge in [0.2, 0.25) is 0 Å². The summed E-state index contributed by atoms with van der Waals surface area (Å²) < 4.78 is 19.0. The van der Waals surface area contributed by atoms with Gasteiger partial charge < -0.3 is 18.8 Å². The van der Waals surface area contributed by atoms with Crippen molar-refractivity contribution >= 4 is 22.8 Å². The molecule has 200 valence electrons. The van der Waals surface area contributed by atoms with Gasteiger partial charge in [-0.15, -0.1) is 0 Å². The van der Waals surface area contributed by atoms with Crippen LogP contribution in [-0.4, -0.2) is 36.3 Å².